The molecule has 2 aromatic carbocycles. The van der Waals surface area contributed by atoms with Crippen LogP contribution in [0.15, 0.2) is 42.6 Å². The second-order valence-corrected chi connectivity index (χ2v) is 9.07. The van der Waals surface area contributed by atoms with Gasteiger partial charge in [0.2, 0.25) is 0 Å². The molecule has 2 aromatic rings. The van der Waals surface area contributed by atoms with Crippen molar-refractivity contribution in [2.24, 2.45) is 0 Å². The van der Waals surface area contributed by atoms with Crippen molar-refractivity contribution < 1.29 is 22.5 Å². The fraction of sp³-hybridized carbons (Fsp3) is 0. The van der Waals surface area contributed by atoms with Gasteiger partial charge in [0.15, 0.2) is 5.75 Å². The predicted molar refractivity (Wildman–Crippen MR) is 101 cm³/mol. The minimum atomic E-state index is -4.55. The molecule has 5 nitrogen and oxygen atoms in total. The average molecular weight is 584 g/mol. The van der Waals surface area contributed by atoms with Crippen LogP contribution >= 0.6 is 71.0 Å². The van der Waals surface area contributed by atoms with Crippen LogP contribution in [0.25, 0.3) is 0 Å². The molecule has 0 aliphatic heterocycles. The third kappa shape index (κ3) is 4.32. The van der Waals surface area contributed by atoms with E-state index in [9.17, 15) is 13.2 Å². The summed E-state index contributed by atoms with van der Waals surface area (Å²) in [4.78, 5) is 11.8. The number of hydrogen-bond donors (Lipinski definition) is 1. The molecule has 0 bridgehead atoms. The lowest BCUT2D eigenvalue weighted by Gasteiger charge is -2.11. The summed E-state index contributed by atoms with van der Waals surface area (Å²) >= 11 is 21.5. The van der Waals surface area contributed by atoms with Gasteiger partial charge in [0.1, 0.15) is 9.92 Å². The smallest absolute Gasteiger partial charge is 0.345 e. The molecule has 128 valence electrons. The SMILES string of the molecule is O=C(Oc1ccc(S(=O)(=O)O)c(Cl)c1Cl)c1c(Br)cc(Br)cc1Br. The van der Waals surface area contributed by atoms with Crippen molar-refractivity contribution in [1.82, 2.24) is 0 Å². The molecular formula is C13H5Br3Cl2O5S. The van der Waals surface area contributed by atoms with E-state index in [1.807, 2.05) is 0 Å². The number of halogens is 5. The molecule has 0 aliphatic carbocycles. The topological polar surface area (TPSA) is 80.7 Å². The Morgan fingerprint density at radius 1 is 1.04 bits per heavy atom. The molecule has 24 heavy (non-hydrogen) atoms. The van der Waals surface area contributed by atoms with Crippen molar-refractivity contribution >= 4 is 87.1 Å². The van der Waals surface area contributed by atoms with Crippen LogP contribution in [0, 0.1) is 0 Å². The summed E-state index contributed by atoms with van der Waals surface area (Å²) in [6.07, 6.45) is 0. The fourth-order valence-corrected chi connectivity index (χ4v) is 5.54. The van der Waals surface area contributed by atoms with E-state index < -0.39 is 26.0 Å². The molecule has 0 atom stereocenters. The van der Waals surface area contributed by atoms with Crippen molar-refractivity contribution in [2.45, 2.75) is 4.90 Å². The van der Waals surface area contributed by atoms with E-state index in [1.165, 1.54) is 0 Å². The summed E-state index contributed by atoms with van der Waals surface area (Å²) < 4.78 is 38.2. The average Bonchev–Trinajstić information content (AvgIpc) is 2.41. The molecular weight excluding hydrogens is 579 g/mol. The Kier molecular flexibility index (Phi) is 6.39. The van der Waals surface area contributed by atoms with Crippen molar-refractivity contribution in [3.05, 3.63) is 53.3 Å². The van der Waals surface area contributed by atoms with Gasteiger partial charge < -0.3 is 4.74 Å². The van der Waals surface area contributed by atoms with E-state index in [0.29, 0.717) is 8.95 Å². The predicted octanol–water partition coefficient (Wildman–Crippen LogP) is 5.75. The Hall–Kier alpha value is -0.160. The molecule has 0 amide bonds. The van der Waals surface area contributed by atoms with Crippen molar-refractivity contribution in [2.75, 3.05) is 0 Å². The lowest BCUT2D eigenvalue weighted by Crippen LogP contribution is -2.11. The van der Waals surface area contributed by atoms with Gasteiger partial charge in [-0.25, -0.2) is 4.79 Å². The zero-order valence-corrected chi connectivity index (χ0v) is 18.3. The molecule has 0 aromatic heterocycles. The highest BCUT2D eigenvalue weighted by Crippen LogP contribution is 2.38. The number of benzene rings is 2. The van der Waals surface area contributed by atoms with Crippen LogP contribution in [0.1, 0.15) is 10.4 Å². The zero-order valence-electron chi connectivity index (χ0n) is 11.2. The maximum absolute atomic E-state index is 12.3. The molecule has 0 unspecified atom stereocenters. The monoisotopic (exact) mass is 580 g/mol. The van der Waals surface area contributed by atoms with E-state index in [0.717, 1.165) is 16.6 Å². The molecule has 0 heterocycles. The Balaban J connectivity index is 2.43. The minimum Gasteiger partial charge on any atom is -0.421 e. The van der Waals surface area contributed by atoms with Crippen LogP contribution in [-0.2, 0) is 10.1 Å². The number of hydrogen-bond acceptors (Lipinski definition) is 4. The number of carbonyl (C=O) groups is 1. The summed E-state index contributed by atoms with van der Waals surface area (Å²) in [6, 6.07) is 5.41. The zero-order chi connectivity index (χ0) is 18.2. The summed E-state index contributed by atoms with van der Waals surface area (Å²) in [6.45, 7) is 0. The van der Waals surface area contributed by atoms with Crippen molar-refractivity contribution in [3.8, 4) is 5.75 Å². The Labute approximate surface area is 172 Å². The van der Waals surface area contributed by atoms with Gasteiger partial charge in [0.05, 0.1) is 10.6 Å². The molecule has 2 rings (SSSR count). The van der Waals surface area contributed by atoms with E-state index in [4.69, 9.17) is 32.5 Å². The number of rotatable bonds is 3. The second kappa shape index (κ2) is 7.61. The Bertz CT molecular complexity index is 924. The van der Waals surface area contributed by atoms with Gasteiger partial charge in [-0.3, -0.25) is 4.55 Å². The summed E-state index contributed by atoms with van der Waals surface area (Å²) in [7, 11) is -4.55. The van der Waals surface area contributed by atoms with Gasteiger partial charge >= 0.3 is 5.97 Å². The normalized spacial score (nSPS) is 11.4. The minimum absolute atomic E-state index is 0.152. The summed E-state index contributed by atoms with van der Waals surface area (Å²) in [5.74, 6) is -0.903. The first kappa shape index (κ1) is 20.2. The molecule has 0 aliphatic rings. The first-order chi connectivity index (χ1) is 11.0. The van der Waals surface area contributed by atoms with Gasteiger partial charge in [-0.15, -0.1) is 0 Å². The first-order valence-electron chi connectivity index (χ1n) is 5.84. The summed E-state index contributed by atoms with van der Waals surface area (Å²) in [5.41, 5.74) is 0.198. The molecule has 0 saturated carbocycles. The Morgan fingerprint density at radius 3 is 2.08 bits per heavy atom. The molecule has 0 saturated heterocycles. The maximum atomic E-state index is 12.3. The molecule has 0 fully saturated rings. The van der Waals surface area contributed by atoms with Crippen LogP contribution in [-0.4, -0.2) is 18.9 Å². The van der Waals surface area contributed by atoms with Crippen LogP contribution in [0.5, 0.6) is 5.75 Å². The quantitative estimate of drug-likeness (QED) is 0.283. The largest absolute Gasteiger partial charge is 0.421 e. The molecule has 11 heteroatoms. The van der Waals surface area contributed by atoms with Crippen LogP contribution in [0.3, 0.4) is 0 Å². The number of carbonyl (C=O) groups excluding carboxylic acids is 1. The highest BCUT2D eigenvalue weighted by molar-refractivity contribution is 9.11. The van der Waals surface area contributed by atoms with Crippen molar-refractivity contribution in [1.29, 1.82) is 0 Å². The standard InChI is InChI=1S/C13H5Br3Cl2O5S/c14-5-3-6(15)10(7(16)4-5)13(19)23-8-1-2-9(24(20,21)22)12(18)11(8)17/h1-4H,(H,20,21,22). The van der Waals surface area contributed by atoms with E-state index >= 15 is 0 Å². The van der Waals surface area contributed by atoms with Crippen LogP contribution in [0.4, 0.5) is 0 Å². The second-order valence-electron chi connectivity index (χ2n) is 4.30. The highest BCUT2D eigenvalue weighted by atomic mass is 79.9. The number of esters is 1. The molecule has 0 spiro atoms. The van der Waals surface area contributed by atoms with Crippen molar-refractivity contribution in [3.63, 3.8) is 0 Å². The van der Waals surface area contributed by atoms with Gasteiger partial charge in [-0.2, -0.15) is 8.42 Å². The number of ether oxygens (including phenoxy) is 1. The lowest BCUT2D eigenvalue weighted by molar-refractivity contribution is 0.0733. The molecule has 1 N–H and O–H groups in total. The van der Waals surface area contributed by atoms with Gasteiger partial charge in [-0.1, -0.05) is 39.1 Å². The van der Waals surface area contributed by atoms with E-state index in [1.54, 1.807) is 12.1 Å². The van der Waals surface area contributed by atoms with Gasteiger partial charge in [-0.05, 0) is 56.1 Å². The van der Waals surface area contributed by atoms with Gasteiger partial charge in [0, 0.05) is 13.4 Å². The van der Waals surface area contributed by atoms with Crippen LogP contribution in [0.2, 0.25) is 10.0 Å². The van der Waals surface area contributed by atoms with Gasteiger partial charge in [0.25, 0.3) is 10.1 Å². The summed E-state index contributed by atoms with van der Waals surface area (Å²) in [5, 5.41) is -0.761. The molecule has 0 radical (unpaired) electrons. The first-order valence-corrected chi connectivity index (χ1v) is 10.4. The van der Waals surface area contributed by atoms with E-state index in [2.05, 4.69) is 47.8 Å². The van der Waals surface area contributed by atoms with Crippen LogP contribution < -0.4 is 4.74 Å². The Morgan fingerprint density at radius 2 is 1.58 bits per heavy atom. The fourth-order valence-electron chi connectivity index (χ4n) is 1.68. The third-order valence-electron chi connectivity index (χ3n) is 2.70. The van der Waals surface area contributed by atoms with E-state index in [-0.39, 0.29) is 16.3 Å². The highest BCUT2D eigenvalue weighted by Gasteiger charge is 2.23. The lowest BCUT2D eigenvalue weighted by atomic mass is 10.2. The third-order valence-corrected chi connectivity index (χ3v) is 6.28. The maximum Gasteiger partial charge on any atom is 0.345 e.